The summed E-state index contributed by atoms with van der Waals surface area (Å²) in [6.45, 7) is 4.47. The van der Waals surface area contributed by atoms with Gasteiger partial charge >= 0.3 is 0 Å². The van der Waals surface area contributed by atoms with E-state index >= 15 is 0 Å². The lowest BCUT2D eigenvalue weighted by atomic mass is 10.0. The van der Waals surface area contributed by atoms with Crippen LogP contribution in [0, 0.1) is 5.41 Å². The molecular weight excluding hydrogens is 312 g/mol. The summed E-state index contributed by atoms with van der Waals surface area (Å²) in [5.41, 5.74) is 2.27. The van der Waals surface area contributed by atoms with Crippen LogP contribution in [0.2, 0.25) is 0 Å². The van der Waals surface area contributed by atoms with Gasteiger partial charge in [0.15, 0.2) is 5.16 Å². The lowest BCUT2D eigenvalue weighted by Crippen LogP contribution is -2.16. The highest BCUT2D eigenvalue weighted by atomic mass is 79.9. The molecule has 1 aromatic carbocycles. The monoisotopic (exact) mass is 328 g/mol. The van der Waals surface area contributed by atoms with E-state index in [0.717, 1.165) is 33.0 Å². The molecule has 0 saturated carbocycles. The van der Waals surface area contributed by atoms with Gasteiger partial charge in [-0.1, -0.05) is 41.5 Å². The molecule has 0 unspecified atom stereocenters. The fraction of sp³-hybridized carbons (Fsp3) is 0.462. The molecule has 2 rings (SSSR count). The van der Waals surface area contributed by atoms with Crippen LogP contribution >= 0.6 is 27.7 Å². The van der Waals surface area contributed by atoms with E-state index in [1.54, 1.807) is 18.9 Å². The van der Waals surface area contributed by atoms with Crippen LogP contribution in [0.1, 0.15) is 13.8 Å². The topological polar surface area (TPSA) is 37.9 Å². The first kappa shape index (κ1) is 13.7. The molecule has 0 radical (unpaired) electrons. The molecule has 0 aliphatic heterocycles. The second-order valence-electron chi connectivity index (χ2n) is 5.01. The van der Waals surface area contributed by atoms with Gasteiger partial charge in [0.05, 0.1) is 18.1 Å². The number of benzene rings is 1. The van der Waals surface area contributed by atoms with Crippen LogP contribution in [-0.4, -0.2) is 28.2 Å². The number of nitrogens with zero attached hydrogens (tertiary/aromatic N) is 1. The first-order chi connectivity index (χ1) is 8.54. The number of thioether (sulfide) groups is 1. The van der Waals surface area contributed by atoms with E-state index in [9.17, 15) is 0 Å². The average Bonchev–Trinajstić information content (AvgIpc) is 2.78. The number of H-pyrrole nitrogens is 1. The van der Waals surface area contributed by atoms with Gasteiger partial charge in [-0.2, -0.15) is 0 Å². The number of fused-ring (bicyclic) bond motifs is 1. The maximum absolute atomic E-state index is 5.20. The normalized spacial score (nSPS) is 12.0. The molecule has 3 nitrogen and oxygen atoms in total. The first-order valence-electron chi connectivity index (χ1n) is 5.76. The lowest BCUT2D eigenvalue weighted by molar-refractivity contribution is 0.415. The number of aromatic nitrogens is 2. The highest BCUT2D eigenvalue weighted by molar-refractivity contribution is 9.09. The highest BCUT2D eigenvalue weighted by Crippen LogP contribution is 2.29. The zero-order chi connectivity index (χ0) is 13.2. The Morgan fingerprint density at radius 1 is 1.44 bits per heavy atom. The number of methoxy groups -OCH3 is 1. The van der Waals surface area contributed by atoms with Crippen molar-refractivity contribution in [3.05, 3.63) is 18.2 Å². The molecule has 0 aliphatic rings. The Morgan fingerprint density at radius 2 is 2.22 bits per heavy atom. The van der Waals surface area contributed by atoms with Crippen LogP contribution < -0.4 is 4.74 Å². The first-order valence-corrected chi connectivity index (χ1v) is 7.87. The summed E-state index contributed by atoms with van der Waals surface area (Å²) in [5, 5.41) is 1.95. The van der Waals surface area contributed by atoms with Gasteiger partial charge < -0.3 is 9.72 Å². The standard InChI is InChI=1S/C13H17BrN2OS/c1-13(2,7-14)8-18-12-15-10-5-4-9(17-3)6-11(10)16-12/h4-6H,7-8H2,1-3H3,(H,15,16). The summed E-state index contributed by atoms with van der Waals surface area (Å²) in [5.74, 6) is 1.87. The minimum absolute atomic E-state index is 0.265. The summed E-state index contributed by atoms with van der Waals surface area (Å²) in [7, 11) is 1.67. The minimum Gasteiger partial charge on any atom is -0.497 e. The molecule has 1 heterocycles. The molecule has 2 aromatic rings. The maximum atomic E-state index is 5.20. The van der Waals surface area contributed by atoms with Gasteiger partial charge in [0.1, 0.15) is 5.75 Å². The van der Waals surface area contributed by atoms with E-state index in [0.29, 0.717) is 0 Å². The van der Waals surface area contributed by atoms with E-state index in [2.05, 4.69) is 39.7 Å². The van der Waals surface area contributed by atoms with Gasteiger partial charge in [-0.3, -0.25) is 0 Å². The van der Waals surface area contributed by atoms with E-state index in [1.807, 2.05) is 18.2 Å². The van der Waals surface area contributed by atoms with Crippen LogP contribution in [0.5, 0.6) is 5.75 Å². The number of rotatable bonds is 5. The number of imidazole rings is 1. The SMILES string of the molecule is COc1ccc2nc(SCC(C)(C)CBr)[nH]c2c1. The molecule has 0 atom stereocenters. The van der Waals surface area contributed by atoms with Gasteiger partial charge in [-0.05, 0) is 17.5 Å². The van der Waals surface area contributed by atoms with Crippen molar-refractivity contribution < 1.29 is 4.74 Å². The van der Waals surface area contributed by atoms with Crippen LogP contribution in [0.4, 0.5) is 0 Å². The molecule has 0 aliphatic carbocycles. The average molecular weight is 329 g/mol. The second kappa shape index (κ2) is 5.53. The third-order valence-corrected chi connectivity index (χ3v) is 5.54. The van der Waals surface area contributed by atoms with E-state index < -0.39 is 0 Å². The third-order valence-electron chi connectivity index (χ3n) is 2.63. The Bertz CT molecular complexity index is 539. The van der Waals surface area contributed by atoms with Crippen molar-refractivity contribution in [2.75, 3.05) is 18.2 Å². The van der Waals surface area contributed by atoms with Crippen LogP contribution in [0.15, 0.2) is 23.4 Å². The fourth-order valence-electron chi connectivity index (χ4n) is 1.46. The smallest absolute Gasteiger partial charge is 0.166 e. The molecule has 0 saturated heterocycles. The lowest BCUT2D eigenvalue weighted by Gasteiger charge is -2.19. The molecule has 98 valence electrons. The summed E-state index contributed by atoms with van der Waals surface area (Å²) in [4.78, 5) is 7.89. The third kappa shape index (κ3) is 3.20. The van der Waals surface area contributed by atoms with Crippen molar-refractivity contribution >= 4 is 38.7 Å². The van der Waals surface area contributed by atoms with Gasteiger partial charge in [0.2, 0.25) is 0 Å². The molecule has 0 spiro atoms. The van der Waals surface area contributed by atoms with E-state index in [-0.39, 0.29) is 5.41 Å². The molecule has 0 fully saturated rings. The number of aromatic amines is 1. The number of nitrogens with one attached hydrogen (secondary N) is 1. The Labute approximate surface area is 120 Å². The predicted octanol–water partition coefficient (Wildman–Crippen LogP) is 4.08. The van der Waals surface area contributed by atoms with Crippen LogP contribution in [0.25, 0.3) is 11.0 Å². The zero-order valence-electron chi connectivity index (χ0n) is 10.8. The maximum Gasteiger partial charge on any atom is 0.166 e. The van der Waals surface area contributed by atoms with E-state index in [4.69, 9.17) is 4.74 Å². The summed E-state index contributed by atoms with van der Waals surface area (Å²) in [6, 6.07) is 5.88. The van der Waals surface area contributed by atoms with Crippen molar-refractivity contribution in [2.24, 2.45) is 5.41 Å². The quantitative estimate of drug-likeness (QED) is 0.663. The Balaban J connectivity index is 2.15. The largest absolute Gasteiger partial charge is 0.497 e. The Kier molecular flexibility index (Phi) is 4.22. The minimum atomic E-state index is 0.265. The van der Waals surface area contributed by atoms with Gasteiger partial charge in [0.25, 0.3) is 0 Å². The van der Waals surface area contributed by atoms with Gasteiger partial charge in [-0.15, -0.1) is 0 Å². The number of hydrogen-bond acceptors (Lipinski definition) is 3. The van der Waals surface area contributed by atoms with Crippen molar-refractivity contribution in [3.8, 4) is 5.75 Å². The van der Waals surface area contributed by atoms with Crippen molar-refractivity contribution in [1.29, 1.82) is 0 Å². The molecule has 5 heteroatoms. The zero-order valence-corrected chi connectivity index (χ0v) is 13.2. The number of alkyl halides is 1. The second-order valence-corrected chi connectivity index (χ2v) is 6.54. The van der Waals surface area contributed by atoms with Crippen LogP contribution in [0.3, 0.4) is 0 Å². The number of ether oxygens (including phenoxy) is 1. The number of hydrogen-bond donors (Lipinski definition) is 1. The molecule has 0 bridgehead atoms. The summed E-state index contributed by atoms with van der Waals surface area (Å²) < 4.78 is 5.20. The van der Waals surface area contributed by atoms with E-state index in [1.165, 1.54) is 0 Å². The molecule has 18 heavy (non-hydrogen) atoms. The molecular formula is C13H17BrN2OS. The van der Waals surface area contributed by atoms with Crippen LogP contribution in [-0.2, 0) is 0 Å². The van der Waals surface area contributed by atoms with Crippen molar-refractivity contribution in [3.63, 3.8) is 0 Å². The Hall–Kier alpha value is -0.680. The molecule has 1 N–H and O–H groups in total. The summed E-state index contributed by atoms with van der Waals surface area (Å²) in [6.07, 6.45) is 0. The molecule has 1 aromatic heterocycles. The Morgan fingerprint density at radius 3 is 2.89 bits per heavy atom. The molecule has 0 amide bonds. The number of halogens is 1. The van der Waals surface area contributed by atoms with Crippen molar-refractivity contribution in [1.82, 2.24) is 9.97 Å². The highest BCUT2D eigenvalue weighted by Gasteiger charge is 2.17. The van der Waals surface area contributed by atoms with Crippen molar-refractivity contribution in [2.45, 2.75) is 19.0 Å². The fourth-order valence-corrected chi connectivity index (χ4v) is 2.90. The summed E-state index contributed by atoms with van der Waals surface area (Å²) >= 11 is 5.29. The van der Waals surface area contributed by atoms with Gasteiger partial charge in [0, 0.05) is 17.1 Å². The predicted molar refractivity (Wildman–Crippen MR) is 80.9 cm³/mol. The van der Waals surface area contributed by atoms with Gasteiger partial charge in [-0.25, -0.2) is 4.98 Å².